The molecule has 1 aliphatic rings. The maximum Gasteiger partial charge on any atom is 0.237 e. The quantitative estimate of drug-likeness (QED) is 0.556. The molecular weight excluding hydrogens is 282 g/mol. The zero-order valence-electron chi connectivity index (χ0n) is 12.5. The van der Waals surface area contributed by atoms with E-state index in [1.807, 2.05) is 30.3 Å². The minimum absolute atomic E-state index is 0.128. The van der Waals surface area contributed by atoms with Crippen LogP contribution in [0, 0.1) is 0 Å². The molecule has 3 amide bonds. The summed E-state index contributed by atoms with van der Waals surface area (Å²) in [7, 11) is 0. The Kier molecular flexibility index (Phi) is 5.66. The summed E-state index contributed by atoms with van der Waals surface area (Å²) < 4.78 is 0. The highest BCUT2D eigenvalue weighted by Crippen LogP contribution is 2.11. The van der Waals surface area contributed by atoms with E-state index in [9.17, 15) is 14.4 Å². The maximum absolute atomic E-state index is 11.9. The summed E-state index contributed by atoms with van der Waals surface area (Å²) in [5.41, 5.74) is 6.88. The molecule has 0 spiro atoms. The van der Waals surface area contributed by atoms with Crippen molar-refractivity contribution in [2.75, 3.05) is 13.1 Å². The lowest BCUT2D eigenvalue weighted by atomic mass is 10.1. The van der Waals surface area contributed by atoms with Crippen LogP contribution >= 0.6 is 0 Å². The first-order valence-corrected chi connectivity index (χ1v) is 7.48. The van der Waals surface area contributed by atoms with Crippen molar-refractivity contribution in [2.24, 2.45) is 5.73 Å². The van der Waals surface area contributed by atoms with Crippen LogP contribution in [0.4, 0.5) is 0 Å². The third-order valence-corrected chi connectivity index (χ3v) is 3.65. The fraction of sp³-hybridized carbons (Fsp3) is 0.438. The second-order valence-corrected chi connectivity index (χ2v) is 5.38. The molecular formula is C16H21N3O3. The summed E-state index contributed by atoms with van der Waals surface area (Å²) in [5.74, 6) is -0.475. The second-order valence-electron chi connectivity index (χ2n) is 5.38. The summed E-state index contributed by atoms with van der Waals surface area (Å²) in [6.07, 6.45) is 1.62. The first kappa shape index (κ1) is 16.2. The van der Waals surface area contributed by atoms with E-state index in [1.165, 1.54) is 4.90 Å². The molecule has 2 rings (SSSR count). The highest BCUT2D eigenvalue weighted by molar-refractivity contribution is 6.01. The molecule has 1 saturated heterocycles. The largest absolute Gasteiger partial charge is 0.355 e. The lowest BCUT2D eigenvalue weighted by Gasteiger charge is -2.15. The smallest absolute Gasteiger partial charge is 0.237 e. The predicted molar refractivity (Wildman–Crippen MR) is 81.7 cm³/mol. The van der Waals surface area contributed by atoms with E-state index >= 15 is 0 Å². The van der Waals surface area contributed by atoms with Crippen LogP contribution in [-0.4, -0.2) is 41.8 Å². The summed E-state index contributed by atoms with van der Waals surface area (Å²) in [5, 5.41) is 2.74. The molecule has 6 nitrogen and oxygen atoms in total. The molecule has 1 aliphatic heterocycles. The average Bonchev–Trinajstić information content (AvgIpc) is 2.83. The Hall–Kier alpha value is -2.21. The van der Waals surface area contributed by atoms with Crippen LogP contribution in [0.1, 0.15) is 24.8 Å². The molecule has 118 valence electrons. The fourth-order valence-electron chi connectivity index (χ4n) is 2.41. The van der Waals surface area contributed by atoms with Gasteiger partial charge in [-0.15, -0.1) is 0 Å². The molecule has 1 aromatic rings. The van der Waals surface area contributed by atoms with Gasteiger partial charge in [0.15, 0.2) is 0 Å². The molecule has 0 aromatic heterocycles. The van der Waals surface area contributed by atoms with Gasteiger partial charge >= 0.3 is 0 Å². The van der Waals surface area contributed by atoms with Crippen molar-refractivity contribution in [3.8, 4) is 0 Å². The van der Waals surface area contributed by atoms with Crippen molar-refractivity contribution < 1.29 is 14.4 Å². The van der Waals surface area contributed by atoms with Crippen LogP contribution in [0.3, 0.4) is 0 Å². The molecule has 0 unspecified atom stereocenters. The number of rotatable bonds is 7. The highest BCUT2D eigenvalue weighted by Gasteiger charge is 2.27. The van der Waals surface area contributed by atoms with Gasteiger partial charge in [0.1, 0.15) is 0 Å². The number of hydrogen-bond acceptors (Lipinski definition) is 4. The first-order valence-electron chi connectivity index (χ1n) is 7.48. The number of amides is 3. The standard InChI is InChI=1S/C16H21N3O3/c17-13(11-12-5-2-1-3-6-12)16(22)18-9-4-10-19-14(20)7-8-15(19)21/h1-3,5-6,13H,4,7-11,17H2,(H,18,22)/t13-/m0/s1. The first-order chi connectivity index (χ1) is 10.6. The third-order valence-electron chi connectivity index (χ3n) is 3.65. The Bertz CT molecular complexity index is 529. The van der Waals surface area contributed by atoms with Gasteiger partial charge in [-0.1, -0.05) is 30.3 Å². The predicted octanol–water partition coefficient (Wildman–Crippen LogP) is 0.212. The molecule has 3 N–H and O–H groups in total. The minimum atomic E-state index is -0.600. The molecule has 1 atom stereocenters. The number of imide groups is 1. The molecule has 1 fully saturated rings. The lowest BCUT2D eigenvalue weighted by Crippen LogP contribution is -2.43. The molecule has 22 heavy (non-hydrogen) atoms. The maximum atomic E-state index is 11.9. The van der Waals surface area contributed by atoms with E-state index < -0.39 is 6.04 Å². The fourth-order valence-corrected chi connectivity index (χ4v) is 2.41. The van der Waals surface area contributed by atoms with Crippen molar-refractivity contribution in [1.29, 1.82) is 0 Å². The number of carbonyl (C=O) groups is 3. The molecule has 0 saturated carbocycles. The lowest BCUT2D eigenvalue weighted by molar-refractivity contribution is -0.138. The van der Waals surface area contributed by atoms with Gasteiger partial charge < -0.3 is 11.1 Å². The van der Waals surface area contributed by atoms with Crippen LogP contribution < -0.4 is 11.1 Å². The van der Waals surface area contributed by atoms with E-state index in [2.05, 4.69) is 5.32 Å². The zero-order chi connectivity index (χ0) is 15.9. The van der Waals surface area contributed by atoms with Crippen LogP contribution in [-0.2, 0) is 20.8 Å². The van der Waals surface area contributed by atoms with Crippen molar-refractivity contribution in [3.63, 3.8) is 0 Å². The second kappa shape index (κ2) is 7.70. The normalized spacial score (nSPS) is 16.0. The summed E-state index contributed by atoms with van der Waals surface area (Å²) in [4.78, 5) is 36.0. The molecule has 1 heterocycles. The minimum Gasteiger partial charge on any atom is -0.355 e. The highest BCUT2D eigenvalue weighted by atomic mass is 16.2. The van der Waals surface area contributed by atoms with E-state index in [0.29, 0.717) is 38.8 Å². The van der Waals surface area contributed by atoms with Gasteiger partial charge in [0.2, 0.25) is 17.7 Å². The number of nitrogens with one attached hydrogen (secondary N) is 1. The van der Waals surface area contributed by atoms with Gasteiger partial charge in [0.05, 0.1) is 6.04 Å². The summed E-state index contributed by atoms with van der Waals surface area (Å²) in [6, 6.07) is 8.98. The summed E-state index contributed by atoms with van der Waals surface area (Å²) >= 11 is 0. The monoisotopic (exact) mass is 303 g/mol. The molecule has 0 bridgehead atoms. The van der Waals surface area contributed by atoms with Gasteiger partial charge in [-0.3, -0.25) is 19.3 Å². The molecule has 1 aromatic carbocycles. The van der Waals surface area contributed by atoms with Crippen molar-refractivity contribution in [3.05, 3.63) is 35.9 Å². The zero-order valence-corrected chi connectivity index (χ0v) is 12.5. The van der Waals surface area contributed by atoms with Gasteiger partial charge in [-0.2, -0.15) is 0 Å². The molecule has 0 aliphatic carbocycles. The van der Waals surface area contributed by atoms with E-state index in [0.717, 1.165) is 5.56 Å². The molecule has 0 radical (unpaired) electrons. The van der Waals surface area contributed by atoms with E-state index in [4.69, 9.17) is 5.73 Å². The summed E-state index contributed by atoms with van der Waals surface area (Å²) in [6.45, 7) is 0.754. The van der Waals surface area contributed by atoms with Gasteiger partial charge in [0, 0.05) is 25.9 Å². The van der Waals surface area contributed by atoms with Crippen molar-refractivity contribution in [2.45, 2.75) is 31.7 Å². The van der Waals surface area contributed by atoms with Crippen molar-refractivity contribution >= 4 is 17.7 Å². The van der Waals surface area contributed by atoms with Crippen molar-refractivity contribution in [1.82, 2.24) is 10.2 Å². The van der Waals surface area contributed by atoms with Gasteiger partial charge in [0.25, 0.3) is 0 Å². The number of hydrogen-bond donors (Lipinski definition) is 2. The number of carbonyl (C=O) groups excluding carboxylic acids is 3. The number of nitrogens with two attached hydrogens (primary N) is 1. The Labute approximate surface area is 129 Å². The Balaban J connectivity index is 1.67. The Morgan fingerprint density at radius 1 is 1.18 bits per heavy atom. The topological polar surface area (TPSA) is 92.5 Å². The van der Waals surface area contributed by atoms with E-state index in [-0.39, 0.29) is 17.7 Å². The number of benzene rings is 1. The average molecular weight is 303 g/mol. The van der Waals surface area contributed by atoms with Crippen LogP contribution in [0.25, 0.3) is 0 Å². The Morgan fingerprint density at radius 3 is 2.45 bits per heavy atom. The van der Waals surface area contributed by atoms with E-state index in [1.54, 1.807) is 0 Å². The molecule has 6 heteroatoms. The number of likely N-dealkylation sites (tertiary alicyclic amines) is 1. The van der Waals surface area contributed by atoms with Crippen LogP contribution in [0.5, 0.6) is 0 Å². The Morgan fingerprint density at radius 2 is 1.82 bits per heavy atom. The van der Waals surface area contributed by atoms with Gasteiger partial charge in [-0.05, 0) is 18.4 Å². The van der Waals surface area contributed by atoms with Crippen LogP contribution in [0.2, 0.25) is 0 Å². The van der Waals surface area contributed by atoms with Crippen LogP contribution in [0.15, 0.2) is 30.3 Å². The third kappa shape index (κ3) is 4.39. The van der Waals surface area contributed by atoms with Gasteiger partial charge in [-0.25, -0.2) is 0 Å². The SMILES string of the molecule is N[C@@H](Cc1ccccc1)C(=O)NCCCN1C(=O)CCC1=O. The number of nitrogens with zero attached hydrogens (tertiary/aromatic N) is 1.